The fourth-order valence-electron chi connectivity index (χ4n) is 1.96. The smallest absolute Gasteiger partial charge is 0.328 e. The molecular weight excluding hydrogens is 224 g/mol. The molecule has 1 unspecified atom stereocenters. The van der Waals surface area contributed by atoms with Crippen LogP contribution >= 0.6 is 0 Å². The Morgan fingerprint density at radius 2 is 2.24 bits per heavy atom. The number of hydrogen-bond acceptors (Lipinski definition) is 4. The van der Waals surface area contributed by atoms with E-state index in [4.69, 9.17) is 10.2 Å². The summed E-state index contributed by atoms with van der Waals surface area (Å²) in [6.07, 6.45) is 3.32. The first kappa shape index (κ1) is 13.9. The molecule has 0 aromatic carbocycles. The number of carbonyl (C=O) groups excluding carboxylic acids is 1. The molecule has 0 radical (unpaired) electrons. The molecule has 6 nitrogen and oxygen atoms in total. The molecule has 4 N–H and O–H groups in total. The van der Waals surface area contributed by atoms with Crippen LogP contribution in [0.25, 0.3) is 0 Å². The number of aliphatic hydroxyl groups excluding tert-OH is 1. The number of nitrogens with one attached hydrogen (secondary N) is 2. The van der Waals surface area contributed by atoms with Crippen molar-refractivity contribution in [2.75, 3.05) is 19.7 Å². The number of carbonyl (C=O) groups is 2. The largest absolute Gasteiger partial charge is 0.480 e. The maximum Gasteiger partial charge on any atom is 0.328 e. The highest BCUT2D eigenvalue weighted by Gasteiger charge is 2.20. The van der Waals surface area contributed by atoms with Gasteiger partial charge in [-0.15, -0.1) is 0 Å². The number of rotatable bonds is 6. The van der Waals surface area contributed by atoms with Crippen molar-refractivity contribution in [2.45, 2.75) is 31.7 Å². The van der Waals surface area contributed by atoms with Crippen LogP contribution in [0.15, 0.2) is 0 Å². The summed E-state index contributed by atoms with van der Waals surface area (Å²) in [5, 5.41) is 23.0. The van der Waals surface area contributed by atoms with Crippen LogP contribution in [-0.4, -0.2) is 47.8 Å². The summed E-state index contributed by atoms with van der Waals surface area (Å²) >= 11 is 0. The topological polar surface area (TPSA) is 98.7 Å². The first-order valence-corrected chi connectivity index (χ1v) is 5.97. The van der Waals surface area contributed by atoms with Crippen LogP contribution in [-0.2, 0) is 9.59 Å². The van der Waals surface area contributed by atoms with Gasteiger partial charge in [-0.25, -0.2) is 4.79 Å². The van der Waals surface area contributed by atoms with Crippen molar-refractivity contribution in [3.8, 4) is 0 Å². The number of aliphatic hydroxyl groups is 1. The molecule has 0 bridgehead atoms. The molecule has 1 aliphatic rings. The SMILES string of the molecule is O=C(CCC1CCCNC1)N[C@@H](CO)C(=O)O. The molecule has 0 spiro atoms. The first-order valence-electron chi connectivity index (χ1n) is 5.97. The summed E-state index contributed by atoms with van der Waals surface area (Å²) in [5.41, 5.74) is 0. The number of carboxylic acid groups (broad SMARTS) is 1. The van der Waals surface area contributed by atoms with Crippen LogP contribution in [0.2, 0.25) is 0 Å². The highest BCUT2D eigenvalue weighted by molar-refractivity contribution is 5.83. The van der Waals surface area contributed by atoms with E-state index < -0.39 is 18.6 Å². The molecule has 0 aliphatic carbocycles. The summed E-state index contributed by atoms with van der Waals surface area (Å²) in [6.45, 7) is 1.38. The van der Waals surface area contributed by atoms with Gasteiger partial charge in [-0.1, -0.05) is 0 Å². The fraction of sp³-hybridized carbons (Fsp3) is 0.818. The molecule has 1 aliphatic heterocycles. The maximum absolute atomic E-state index is 11.5. The molecule has 0 aromatic heterocycles. The predicted molar refractivity (Wildman–Crippen MR) is 61.5 cm³/mol. The van der Waals surface area contributed by atoms with Gasteiger partial charge in [-0.3, -0.25) is 4.79 Å². The summed E-state index contributed by atoms with van der Waals surface area (Å²) in [6, 6.07) is -1.19. The third kappa shape index (κ3) is 5.14. The second kappa shape index (κ2) is 7.24. The van der Waals surface area contributed by atoms with E-state index in [9.17, 15) is 9.59 Å². The minimum Gasteiger partial charge on any atom is -0.480 e. The van der Waals surface area contributed by atoms with Crippen molar-refractivity contribution in [2.24, 2.45) is 5.92 Å². The van der Waals surface area contributed by atoms with Crippen LogP contribution in [0.3, 0.4) is 0 Å². The normalized spacial score (nSPS) is 21.8. The minimum atomic E-state index is -1.21. The lowest BCUT2D eigenvalue weighted by Gasteiger charge is -2.22. The van der Waals surface area contributed by atoms with Crippen LogP contribution in [0.4, 0.5) is 0 Å². The molecule has 1 saturated heterocycles. The molecule has 1 heterocycles. The molecular formula is C11H20N2O4. The number of carboxylic acids is 1. The van der Waals surface area contributed by atoms with Crippen LogP contribution in [0.5, 0.6) is 0 Å². The molecule has 2 atom stereocenters. The van der Waals surface area contributed by atoms with Crippen LogP contribution < -0.4 is 10.6 Å². The van der Waals surface area contributed by atoms with Gasteiger partial charge in [0.15, 0.2) is 0 Å². The Morgan fingerprint density at radius 1 is 1.47 bits per heavy atom. The zero-order valence-corrected chi connectivity index (χ0v) is 9.82. The van der Waals surface area contributed by atoms with E-state index in [-0.39, 0.29) is 5.91 Å². The van der Waals surface area contributed by atoms with Crippen LogP contribution in [0.1, 0.15) is 25.7 Å². The van der Waals surface area contributed by atoms with Gasteiger partial charge in [0.1, 0.15) is 6.04 Å². The van der Waals surface area contributed by atoms with Crippen molar-refractivity contribution < 1.29 is 19.8 Å². The Bertz CT molecular complexity index is 264. The lowest BCUT2D eigenvalue weighted by molar-refractivity contribution is -0.143. The molecule has 0 aromatic rings. The highest BCUT2D eigenvalue weighted by Crippen LogP contribution is 2.15. The molecule has 0 saturated carbocycles. The number of aliphatic carboxylic acids is 1. The Morgan fingerprint density at radius 3 is 2.76 bits per heavy atom. The van der Waals surface area contributed by atoms with E-state index in [1.54, 1.807) is 0 Å². The van der Waals surface area contributed by atoms with E-state index in [2.05, 4.69) is 10.6 Å². The number of piperidine rings is 1. The second-order valence-electron chi connectivity index (χ2n) is 4.39. The lowest BCUT2D eigenvalue weighted by Crippen LogP contribution is -2.43. The van der Waals surface area contributed by atoms with Crippen molar-refractivity contribution in [3.05, 3.63) is 0 Å². The van der Waals surface area contributed by atoms with E-state index in [1.807, 2.05) is 0 Å². The van der Waals surface area contributed by atoms with Crippen LogP contribution in [0, 0.1) is 5.92 Å². The monoisotopic (exact) mass is 244 g/mol. The summed E-state index contributed by atoms with van der Waals surface area (Å²) in [4.78, 5) is 22.0. The highest BCUT2D eigenvalue weighted by atomic mass is 16.4. The second-order valence-corrected chi connectivity index (χ2v) is 4.39. The predicted octanol–water partition coefficient (Wildman–Crippen LogP) is -0.672. The Balaban J connectivity index is 2.21. The molecule has 98 valence electrons. The molecule has 1 fully saturated rings. The maximum atomic E-state index is 11.5. The molecule has 1 amide bonds. The van der Waals surface area contributed by atoms with Gasteiger partial charge in [-0.05, 0) is 38.3 Å². The van der Waals surface area contributed by atoms with E-state index >= 15 is 0 Å². The zero-order chi connectivity index (χ0) is 12.7. The average Bonchev–Trinajstić information content (AvgIpc) is 2.34. The Labute approximate surface area is 100 Å². The third-order valence-electron chi connectivity index (χ3n) is 2.99. The number of amides is 1. The van der Waals surface area contributed by atoms with Gasteiger partial charge in [0, 0.05) is 6.42 Å². The quantitative estimate of drug-likeness (QED) is 0.496. The molecule has 17 heavy (non-hydrogen) atoms. The number of hydrogen-bond donors (Lipinski definition) is 4. The average molecular weight is 244 g/mol. The van der Waals surface area contributed by atoms with Gasteiger partial charge < -0.3 is 20.8 Å². The summed E-state index contributed by atoms with van der Waals surface area (Å²) in [7, 11) is 0. The molecule has 6 heteroatoms. The first-order chi connectivity index (χ1) is 8.13. The van der Waals surface area contributed by atoms with Gasteiger partial charge in [0.2, 0.25) is 5.91 Å². The summed E-state index contributed by atoms with van der Waals surface area (Å²) in [5.74, 6) is -1.02. The van der Waals surface area contributed by atoms with Crippen molar-refractivity contribution >= 4 is 11.9 Å². The van der Waals surface area contributed by atoms with Crippen molar-refractivity contribution in [1.82, 2.24) is 10.6 Å². The summed E-state index contributed by atoms with van der Waals surface area (Å²) < 4.78 is 0. The van der Waals surface area contributed by atoms with Crippen molar-refractivity contribution in [1.29, 1.82) is 0 Å². The standard InChI is InChI=1S/C11H20N2O4/c14-7-9(11(16)17)13-10(15)4-3-8-2-1-5-12-6-8/h8-9,12,14H,1-7H2,(H,13,15)(H,16,17)/t8?,9-/m0/s1. The molecule has 1 rings (SSSR count). The Hall–Kier alpha value is -1.14. The minimum absolute atomic E-state index is 0.308. The van der Waals surface area contributed by atoms with Crippen molar-refractivity contribution in [3.63, 3.8) is 0 Å². The fourth-order valence-corrected chi connectivity index (χ4v) is 1.96. The van der Waals surface area contributed by atoms with E-state index in [1.165, 1.54) is 0 Å². The Kier molecular flexibility index (Phi) is 5.93. The third-order valence-corrected chi connectivity index (χ3v) is 2.99. The lowest BCUT2D eigenvalue weighted by atomic mass is 9.94. The van der Waals surface area contributed by atoms with E-state index in [0.29, 0.717) is 12.3 Å². The van der Waals surface area contributed by atoms with Gasteiger partial charge in [0.25, 0.3) is 0 Å². The van der Waals surface area contributed by atoms with Gasteiger partial charge in [0.05, 0.1) is 6.61 Å². The van der Waals surface area contributed by atoms with E-state index in [0.717, 1.165) is 32.4 Å². The van der Waals surface area contributed by atoms with Gasteiger partial charge >= 0.3 is 5.97 Å². The zero-order valence-electron chi connectivity index (χ0n) is 9.82. The van der Waals surface area contributed by atoms with Gasteiger partial charge in [-0.2, -0.15) is 0 Å².